The molecule has 0 bridgehead atoms. The zero-order valence-electron chi connectivity index (χ0n) is 17.4. The van der Waals surface area contributed by atoms with Crippen LogP contribution in [0, 0.1) is 5.92 Å². The van der Waals surface area contributed by atoms with Crippen molar-refractivity contribution < 1.29 is 31.9 Å². The summed E-state index contributed by atoms with van der Waals surface area (Å²) >= 11 is 0. The molecule has 0 radical (unpaired) electrons. The minimum Gasteiger partial charge on any atom is -0.450 e. The molecule has 30 heavy (non-hydrogen) atoms. The van der Waals surface area contributed by atoms with Crippen LogP contribution in [0.3, 0.4) is 0 Å². The Hall–Kier alpha value is -2.39. The van der Waals surface area contributed by atoms with Gasteiger partial charge < -0.3 is 18.8 Å². The maximum absolute atomic E-state index is 12.8. The molecule has 1 amide bonds. The van der Waals surface area contributed by atoms with Crippen LogP contribution in [0.4, 0.5) is 0 Å². The number of methoxy groups -OCH3 is 1. The van der Waals surface area contributed by atoms with Gasteiger partial charge in [0.2, 0.25) is 5.76 Å². The highest BCUT2D eigenvalue weighted by atomic mass is 32.2. The number of esters is 1. The molecular weight excluding hydrogens is 410 g/mol. The molecule has 0 N–H and O–H groups in total. The zero-order valence-corrected chi connectivity index (χ0v) is 18.2. The largest absolute Gasteiger partial charge is 0.450 e. The smallest absolute Gasteiger partial charge is 0.375 e. The molecule has 0 spiro atoms. The molecule has 1 aromatic carbocycles. The van der Waals surface area contributed by atoms with E-state index < -0.39 is 28.3 Å². The summed E-state index contributed by atoms with van der Waals surface area (Å²) in [7, 11) is -1.63. The highest BCUT2D eigenvalue weighted by molar-refractivity contribution is 7.91. The Morgan fingerprint density at radius 2 is 2.00 bits per heavy atom. The van der Waals surface area contributed by atoms with E-state index in [1.165, 1.54) is 12.0 Å². The average molecular weight is 438 g/mol. The number of furan rings is 1. The molecule has 8 nitrogen and oxygen atoms in total. The number of fused-ring (bicyclic) bond motifs is 1. The number of hydrogen-bond donors (Lipinski definition) is 0. The van der Waals surface area contributed by atoms with E-state index in [4.69, 9.17) is 13.9 Å². The van der Waals surface area contributed by atoms with E-state index in [9.17, 15) is 18.0 Å². The second-order valence-electron chi connectivity index (χ2n) is 7.91. The number of hydrogen-bond acceptors (Lipinski definition) is 7. The van der Waals surface area contributed by atoms with E-state index in [0.29, 0.717) is 24.1 Å². The number of nitrogens with zero attached hydrogens (tertiary/aromatic N) is 1. The van der Waals surface area contributed by atoms with Gasteiger partial charge in [-0.25, -0.2) is 13.2 Å². The monoisotopic (exact) mass is 437 g/mol. The summed E-state index contributed by atoms with van der Waals surface area (Å²) < 4.78 is 39.8. The molecule has 1 fully saturated rings. The Bertz CT molecular complexity index is 1030. The minimum absolute atomic E-state index is 0.00436. The lowest BCUT2D eigenvalue weighted by molar-refractivity contribution is -0.137. The number of para-hydroxylation sites is 1. The van der Waals surface area contributed by atoms with Crippen LogP contribution in [0.1, 0.15) is 36.4 Å². The van der Waals surface area contributed by atoms with Crippen LogP contribution in [0.5, 0.6) is 0 Å². The second-order valence-corrected chi connectivity index (χ2v) is 10.1. The fourth-order valence-corrected chi connectivity index (χ4v) is 5.43. The fourth-order valence-electron chi connectivity index (χ4n) is 3.70. The highest BCUT2D eigenvalue weighted by Gasteiger charge is 2.35. The summed E-state index contributed by atoms with van der Waals surface area (Å²) in [6.07, 6.45) is 0.399. The van der Waals surface area contributed by atoms with E-state index in [-0.39, 0.29) is 35.8 Å². The van der Waals surface area contributed by atoms with Crippen LogP contribution in [0.2, 0.25) is 0 Å². The molecule has 2 aromatic rings. The molecule has 0 unspecified atom stereocenters. The van der Waals surface area contributed by atoms with Crippen molar-refractivity contribution in [3.05, 3.63) is 35.6 Å². The van der Waals surface area contributed by atoms with Crippen LogP contribution in [0.15, 0.2) is 28.7 Å². The van der Waals surface area contributed by atoms with Crippen molar-refractivity contribution in [2.75, 3.05) is 31.8 Å². The second kappa shape index (κ2) is 9.18. The standard InChI is InChI=1S/C21H27NO7S/c1-14(2)10-22(15-8-9-30(25,26)13-15)19(23)12-28-21(24)20-17(11-27-3)16-6-4-5-7-18(16)29-20/h4-7,14-15H,8-13H2,1-3H3/t15-/m1/s1. The number of carbonyl (C=O) groups is 2. The summed E-state index contributed by atoms with van der Waals surface area (Å²) in [6.45, 7) is 3.97. The van der Waals surface area contributed by atoms with Gasteiger partial charge in [0.15, 0.2) is 16.4 Å². The van der Waals surface area contributed by atoms with Crippen molar-refractivity contribution in [3.63, 3.8) is 0 Å². The van der Waals surface area contributed by atoms with Crippen LogP contribution in [0.25, 0.3) is 11.0 Å². The van der Waals surface area contributed by atoms with Crippen molar-refractivity contribution in [1.82, 2.24) is 4.90 Å². The lowest BCUT2D eigenvalue weighted by Gasteiger charge is -2.29. The predicted octanol–water partition coefficient (Wildman–Crippen LogP) is 2.41. The number of ether oxygens (including phenoxy) is 2. The minimum atomic E-state index is -3.14. The quantitative estimate of drug-likeness (QED) is 0.584. The molecule has 9 heteroatoms. The number of carbonyl (C=O) groups excluding carboxylic acids is 2. The van der Waals surface area contributed by atoms with Gasteiger partial charge in [-0.15, -0.1) is 0 Å². The topological polar surface area (TPSA) is 103 Å². The first kappa shape index (κ1) is 22.3. The van der Waals surface area contributed by atoms with Crippen molar-refractivity contribution in [2.45, 2.75) is 32.9 Å². The SMILES string of the molecule is COCc1c(C(=O)OCC(=O)N(CC(C)C)[C@@H]2CCS(=O)(=O)C2)oc2ccccc12. The Labute approximate surface area is 176 Å². The van der Waals surface area contributed by atoms with Gasteiger partial charge >= 0.3 is 5.97 Å². The van der Waals surface area contributed by atoms with E-state index in [2.05, 4.69) is 0 Å². The van der Waals surface area contributed by atoms with E-state index in [0.717, 1.165) is 5.39 Å². The molecule has 0 saturated carbocycles. The third-order valence-corrected chi connectivity index (χ3v) is 6.78. The van der Waals surface area contributed by atoms with Gasteiger partial charge in [0.05, 0.1) is 18.1 Å². The number of rotatable bonds is 8. The van der Waals surface area contributed by atoms with Gasteiger partial charge in [0.25, 0.3) is 5.91 Å². The maximum Gasteiger partial charge on any atom is 0.375 e. The molecule has 3 rings (SSSR count). The lowest BCUT2D eigenvalue weighted by atomic mass is 10.1. The van der Waals surface area contributed by atoms with Gasteiger partial charge in [-0.2, -0.15) is 0 Å². The molecule has 164 valence electrons. The number of amides is 1. The molecule has 2 heterocycles. The van der Waals surface area contributed by atoms with Crippen LogP contribution < -0.4 is 0 Å². The van der Waals surface area contributed by atoms with Gasteiger partial charge in [0.1, 0.15) is 5.58 Å². The molecule has 1 saturated heterocycles. The maximum atomic E-state index is 12.8. The summed E-state index contributed by atoms with van der Waals surface area (Å²) in [6, 6.07) is 6.79. The third-order valence-electron chi connectivity index (χ3n) is 5.03. The average Bonchev–Trinajstić information content (AvgIpc) is 3.24. The molecule has 1 aromatic heterocycles. The van der Waals surface area contributed by atoms with E-state index >= 15 is 0 Å². The van der Waals surface area contributed by atoms with Gasteiger partial charge in [-0.05, 0) is 18.4 Å². The van der Waals surface area contributed by atoms with Crippen molar-refractivity contribution >= 4 is 32.7 Å². The van der Waals surface area contributed by atoms with Gasteiger partial charge in [0, 0.05) is 30.6 Å². The van der Waals surface area contributed by atoms with Crippen LogP contribution >= 0.6 is 0 Å². The molecule has 0 aliphatic carbocycles. The fraction of sp³-hybridized carbons (Fsp3) is 0.524. The van der Waals surface area contributed by atoms with E-state index in [1.54, 1.807) is 12.1 Å². The van der Waals surface area contributed by atoms with Crippen LogP contribution in [-0.4, -0.2) is 63.0 Å². The summed E-state index contributed by atoms with van der Waals surface area (Å²) in [5.41, 5.74) is 1.09. The Morgan fingerprint density at radius 1 is 1.27 bits per heavy atom. The Morgan fingerprint density at radius 3 is 2.63 bits per heavy atom. The molecule has 1 atom stereocenters. The third kappa shape index (κ3) is 5.02. The normalized spacial score (nSPS) is 18.1. The van der Waals surface area contributed by atoms with Gasteiger partial charge in [-0.1, -0.05) is 32.0 Å². The first-order chi connectivity index (χ1) is 14.2. The van der Waals surface area contributed by atoms with Gasteiger partial charge in [-0.3, -0.25) is 4.79 Å². The number of benzene rings is 1. The predicted molar refractivity (Wildman–Crippen MR) is 111 cm³/mol. The Balaban J connectivity index is 1.73. The first-order valence-electron chi connectivity index (χ1n) is 9.88. The summed E-state index contributed by atoms with van der Waals surface area (Å²) in [5.74, 6) is -1.00. The number of sulfone groups is 1. The lowest BCUT2D eigenvalue weighted by Crippen LogP contribution is -2.45. The Kier molecular flexibility index (Phi) is 6.82. The van der Waals surface area contributed by atoms with Crippen LogP contribution in [-0.2, 0) is 30.7 Å². The first-order valence-corrected chi connectivity index (χ1v) is 11.7. The molecule has 1 aliphatic heterocycles. The van der Waals surface area contributed by atoms with E-state index in [1.807, 2.05) is 26.0 Å². The van der Waals surface area contributed by atoms with Crippen molar-refractivity contribution in [1.29, 1.82) is 0 Å². The van der Waals surface area contributed by atoms with Crippen molar-refractivity contribution in [2.24, 2.45) is 5.92 Å². The van der Waals surface area contributed by atoms with Crippen molar-refractivity contribution in [3.8, 4) is 0 Å². The highest BCUT2D eigenvalue weighted by Crippen LogP contribution is 2.27. The summed E-state index contributed by atoms with van der Waals surface area (Å²) in [4.78, 5) is 27.0. The molecule has 1 aliphatic rings. The zero-order chi connectivity index (χ0) is 21.9. The molecular formula is C21H27NO7S. The summed E-state index contributed by atoms with van der Waals surface area (Å²) in [5, 5.41) is 0.746.